The number of aryl methyl sites for hydroxylation is 2. The maximum atomic E-state index is 12.4. The van der Waals surface area contributed by atoms with Crippen molar-refractivity contribution in [2.24, 2.45) is 7.05 Å². The average Bonchev–Trinajstić information content (AvgIpc) is 2.79. The minimum atomic E-state index is -0.344. The number of amides is 2. The molecule has 1 aliphatic rings. The standard InChI is InChI=1S/C13H10BrN3O2/c1-7-3-5-8(6-4-7)17-12(18)9-10(13(17)19)16(2)15-11(9)14/h3-6H,1-2H3. The quantitative estimate of drug-likeness (QED) is 0.758. The zero-order chi connectivity index (χ0) is 13.7. The molecule has 0 saturated heterocycles. The predicted octanol–water partition coefficient (Wildman–Crippen LogP) is 2.29. The van der Waals surface area contributed by atoms with Crippen LogP contribution in [-0.4, -0.2) is 21.6 Å². The van der Waals surface area contributed by atoms with Crippen LogP contribution < -0.4 is 4.90 Å². The predicted molar refractivity (Wildman–Crippen MR) is 73.2 cm³/mol. The molecular weight excluding hydrogens is 310 g/mol. The minimum Gasteiger partial charge on any atom is -0.268 e. The molecule has 1 aliphatic heterocycles. The lowest BCUT2D eigenvalue weighted by Gasteiger charge is -2.14. The third-order valence-corrected chi connectivity index (χ3v) is 3.67. The van der Waals surface area contributed by atoms with Crippen molar-refractivity contribution < 1.29 is 9.59 Å². The highest BCUT2D eigenvalue weighted by Crippen LogP contribution is 2.32. The van der Waals surface area contributed by atoms with Gasteiger partial charge in [-0.1, -0.05) is 17.7 Å². The van der Waals surface area contributed by atoms with Gasteiger partial charge < -0.3 is 0 Å². The number of rotatable bonds is 1. The second-order valence-electron chi connectivity index (χ2n) is 4.42. The SMILES string of the molecule is Cc1ccc(N2C(=O)c3c(Br)nn(C)c3C2=O)cc1. The van der Waals surface area contributed by atoms with Crippen molar-refractivity contribution in [3.63, 3.8) is 0 Å². The van der Waals surface area contributed by atoms with Crippen molar-refractivity contribution in [1.82, 2.24) is 9.78 Å². The Kier molecular flexibility index (Phi) is 2.56. The number of halogens is 1. The van der Waals surface area contributed by atoms with Gasteiger partial charge >= 0.3 is 0 Å². The van der Waals surface area contributed by atoms with E-state index in [0.717, 1.165) is 5.56 Å². The highest BCUT2D eigenvalue weighted by Gasteiger charge is 2.42. The molecular formula is C13H10BrN3O2. The van der Waals surface area contributed by atoms with Gasteiger partial charge in [0.15, 0.2) is 0 Å². The van der Waals surface area contributed by atoms with Crippen LogP contribution in [0.4, 0.5) is 5.69 Å². The van der Waals surface area contributed by atoms with Gasteiger partial charge in [0.2, 0.25) is 0 Å². The first-order chi connectivity index (χ1) is 9.00. The molecule has 2 amide bonds. The first kappa shape index (κ1) is 12.1. The number of hydrogen-bond donors (Lipinski definition) is 0. The second kappa shape index (κ2) is 4.03. The Hall–Kier alpha value is -1.95. The molecule has 3 rings (SSSR count). The lowest BCUT2D eigenvalue weighted by molar-refractivity contribution is 0.0921. The first-order valence-electron chi connectivity index (χ1n) is 5.68. The van der Waals surface area contributed by atoms with Crippen LogP contribution in [0, 0.1) is 6.92 Å². The average molecular weight is 320 g/mol. The lowest BCUT2D eigenvalue weighted by atomic mass is 10.2. The molecule has 1 aromatic carbocycles. The smallest absolute Gasteiger partial charge is 0.268 e. The van der Waals surface area contributed by atoms with E-state index >= 15 is 0 Å². The first-order valence-corrected chi connectivity index (χ1v) is 6.48. The Morgan fingerprint density at radius 2 is 1.74 bits per heavy atom. The topological polar surface area (TPSA) is 55.2 Å². The number of fused-ring (bicyclic) bond motifs is 1. The van der Waals surface area contributed by atoms with Gasteiger partial charge in [0.1, 0.15) is 15.9 Å². The van der Waals surface area contributed by atoms with Gasteiger partial charge in [-0.2, -0.15) is 5.10 Å². The molecule has 19 heavy (non-hydrogen) atoms. The van der Waals surface area contributed by atoms with Crippen LogP contribution >= 0.6 is 15.9 Å². The van der Waals surface area contributed by atoms with E-state index in [2.05, 4.69) is 21.0 Å². The van der Waals surface area contributed by atoms with Crippen LogP contribution in [0.5, 0.6) is 0 Å². The Balaban J connectivity index is 2.13. The third kappa shape index (κ3) is 1.63. The summed E-state index contributed by atoms with van der Waals surface area (Å²) >= 11 is 3.22. The summed E-state index contributed by atoms with van der Waals surface area (Å²) in [7, 11) is 1.65. The van der Waals surface area contributed by atoms with Crippen molar-refractivity contribution in [3.8, 4) is 0 Å². The second-order valence-corrected chi connectivity index (χ2v) is 5.17. The van der Waals surface area contributed by atoms with Crippen LogP contribution in [0.3, 0.4) is 0 Å². The maximum absolute atomic E-state index is 12.4. The molecule has 0 N–H and O–H groups in total. The number of hydrogen-bond acceptors (Lipinski definition) is 3. The summed E-state index contributed by atoms with van der Waals surface area (Å²) in [6.45, 7) is 1.95. The van der Waals surface area contributed by atoms with Gasteiger partial charge in [0.05, 0.1) is 5.69 Å². The van der Waals surface area contributed by atoms with E-state index in [4.69, 9.17) is 0 Å². The molecule has 5 nitrogen and oxygen atoms in total. The van der Waals surface area contributed by atoms with Crippen molar-refractivity contribution in [2.45, 2.75) is 6.92 Å². The monoisotopic (exact) mass is 319 g/mol. The van der Waals surface area contributed by atoms with Crippen molar-refractivity contribution in [3.05, 3.63) is 45.7 Å². The largest absolute Gasteiger partial charge is 0.284 e. The van der Waals surface area contributed by atoms with Gasteiger partial charge in [-0.05, 0) is 35.0 Å². The fourth-order valence-corrected chi connectivity index (χ4v) is 2.76. The van der Waals surface area contributed by atoms with Crippen LogP contribution in [0.25, 0.3) is 0 Å². The molecule has 2 heterocycles. The molecule has 96 valence electrons. The lowest BCUT2D eigenvalue weighted by Crippen LogP contribution is -2.30. The minimum absolute atomic E-state index is 0.317. The van der Waals surface area contributed by atoms with Crippen LogP contribution in [-0.2, 0) is 7.05 Å². The zero-order valence-corrected chi connectivity index (χ0v) is 11.9. The number of anilines is 1. The van der Waals surface area contributed by atoms with Gasteiger partial charge in [-0.15, -0.1) is 0 Å². The normalized spacial score (nSPS) is 14.2. The Morgan fingerprint density at radius 3 is 2.32 bits per heavy atom. The Labute approximate surface area is 118 Å². The summed E-state index contributed by atoms with van der Waals surface area (Å²) < 4.78 is 1.83. The van der Waals surface area contributed by atoms with Crippen LogP contribution in [0.2, 0.25) is 0 Å². The molecule has 0 saturated carbocycles. The van der Waals surface area contributed by atoms with Crippen LogP contribution in [0.1, 0.15) is 26.4 Å². The molecule has 1 aromatic heterocycles. The van der Waals surface area contributed by atoms with E-state index < -0.39 is 0 Å². The Morgan fingerprint density at radius 1 is 1.11 bits per heavy atom. The van der Waals surface area contributed by atoms with Crippen LogP contribution in [0.15, 0.2) is 28.9 Å². The molecule has 0 fully saturated rings. The number of imide groups is 1. The summed E-state index contributed by atoms with van der Waals surface area (Å²) in [5.41, 5.74) is 2.29. The highest BCUT2D eigenvalue weighted by molar-refractivity contribution is 9.10. The van der Waals surface area contributed by atoms with E-state index in [1.807, 2.05) is 19.1 Å². The Bertz CT molecular complexity index is 667. The maximum Gasteiger partial charge on any atom is 0.284 e. The molecule has 0 unspecified atom stereocenters. The van der Waals surface area contributed by atoms with E-state index in [1.165, 1.54) is 9.58 Å². The van der Waals surface area contributed by atoms with E-state index in [-0.39, 0.29) is 11.8 Å². The highest BCUT2D eigenvalue weighted by atomic mass is 79.9. The number of carbonyl (C=O) groups is 2. The van der Waals surface area contributed by atoms with Gasteiger partial charge in [0, 0.05) is 7.05 Å². The van der Waals surface area contributed by atoms with Crippen molar-refractivity contribution >= 4 is 33.4 Å². The number of aromatic nitrogens is 2. The summed E-state index contributed by atoms with van der Waals surface area (Å²) in [5.74, 6) is -0.687. The summed E-state index contributed by atoms with van der Waals surface area (Å²) in [6.07, 6.45) is 0. The van der Waals surface area contributed by atoms with Gasteiger partial charge in [0.25, 0.3) is 11.8 Å². The fraction of sp³-hybridized carbons (Fsp3) is 0.154. The molecule has 0 radical (unpaired) electrons. The van der Waals surface area contributed by atoms with Crippen molar-refractivity contribution in [1.29, 1.82) is 0 Å². The summed E-state index contributed by atoms with van der Waals surface area (Å²) in [6, 6.07) is 7.26. The van der Waals surface area contributed by atoms with E-state index in [0.29, 0.717) is 21.5 Å². The van der Waals surface area contributed by atoms with Gasteiger partial charge in [-0.3, -0.25) is 14.3 Å². The molecule has 0 bridgehead atoms. The summed E-state index contributed by atoms with van der Waals surface area (Å²) in [5, 5.41) is 4.04. The number of benzene rings is 1. The zero-order valence-electron chi connectivity index (χ0n) is 10.3. The van der Waals surface area contributed by atoms with E-state index in [9.17, 15) is 9.59 Å². The molecule has 6 heteroatoms. The summed E-state index contributed by atoms with van der Waals surface area (Å²) in [4.78, 5) is 25.9. The molecule has 2 aromatic rings. The van der Waals surface area contributed by atoms with Gasteiger partial charge in [-0.25, -0.2) is 4.90 Å². The molecule has 0 atom stereocenters. The third-order valence-electron chi connectivity index (χ3n) is 3.12. The number of carbonyl (C=O) groups excluding carboxylic acids is 2. The molecule has 0 spiro atoms. The van der Waals surface area contributed by atoms with Crippen molar-refractivity contribution in [2.75, 3.05) is 4.90 Å². The number of nitrogens with zero attached hydrogens (tertiary/aromatic N) is 3. The van der Waals surface area contributed by atoms with E-state index in [1.54, 1.807) is 19.2 Å². The fourth-order valence-electron chi connectivity index (χ4n) is 2.16. The molecule has 0 aliphatic carbocycles.